The van der Waals surface area contributed by atoms with Crippen LogP contribution in [-0.4, -0.2) is 55.5 Å². The predicted molar refractivity (Wildman–Crippen MR) is 183 cm³/mol. The summed E-state index contributed by atoms with van der Waals surface area (Å²) in [7, 11) is -6.96. The van der Waals surface area contributed by atoms with Gasteiger partial charge >= 0.3 is 0 Å². The summed E-state index contributed by atoms with van der Waals surface area (Å²) in [6.07, 6.45) is 20.2. The van der Waals surface area contributed by atoms with Crippen molar-refractivity contribution in [2.45, 2.75) is 186 Å². The Morgan fingerprint density at radius 3 is 1.62 bits per heavy atom. The van der Waals surface area contributed by atoms with Gasteiger partial charge in [0.2, 0.25) is 0 Å². The largest absolute Gasteiger partial charge is 0.455 e. The normalized spacial score (nSPS) is 22.5. The fraction of sp³-hybridized carbons (Fsp3) is 1.00. The number of epoxide rings is 1. The number of rotatable bonds is 23. The molecule has 0 bridgehead atoms. The van der Waals surface area contributed by atoms with Crippen LogP contribution in [0.3, 0.4) is 0 Å². The van der Waals surface area contributed by atoms with Crippen molar-refractivity contribution in [3.05, 3.63) is 0 Å². The Morgan fingerprint density at radius 1 is 0.590 bits per heavy atom. The summed E-state index contributed by atoms with van der Waals surface area (Å²) in [5.41, 5.74) is 0. The van der Waals surface area contributed by atoms with Gasteiger partial charge in [0.25, 0.3) is 10.0 Å². The molecule has 1 aliphatic carbocycles. The van der Waals surface area contributed by atoms with Crippen molar-refractivity contribution >= 4 is 43.3 Å². The van der Waals surface area contributed by atoms with Crippen LogP contribution < -0.4 is 0 Å². The van der Waals surface area contributed by atoms with Crippen LogP contribution in [-0.2, 0) is 17.1 Å². The second-order valence-corrected chi connectivity index (χ2v) is 34.8. The SMILES string of the molecule is CCCCCC[Si](C)(C)O[SiH2]O[Si](C)(C)CCCCCCCC[Si](C)(C)O[Si](C)(C)CCC1CCC2OC2C1. The van der Waals surface area contributed by atoms with Gasteiger partial charge in [-0.05, 0) is 102 Å². The van der Waals surface area contributed by atoms with Crippen LogP contribution in [0.5, 0.6) is 0 Å². The molecule has 0 amide bonds. The van der Waals surface area contributed by atoms with E-state index in [4.69, 9.17) is 17.1 Å². The molecule has 4 nitrogen and oxygen atoms in total. The molecule has 0 aromatic heterocycles. The molecule has 9 heteroatoms. The molecule has 0 N–H and O–H groups in total. The summed E-state index contributed by atoms with van der Waals surface area (Å²) in [5, 5.41) is 0. The lowest BCUT2D eigenvalue weighted by Crippen LogP contribution is -2.44. The fourth-order valence-corrected chi connectivity index (χ4v) is 22.1. The highest BCUT2D eigenvalue weighted by molar-refractivity contribution is 6.84. The molecule has 3 unspecified atom stereocenters. The first-order valence-corrected chi connectivity index (χ1v) is 30.5. The zero-order chi connectivity index (χ0) is 29.0. The first-order chi connectivity index (χ1) is 18.2. The van der Waals surface area contributed by atoms with Gasteiger partial charge in [-0.15, -0.1) is 0 Å². The van der Waals surface area contributed by atoms with Crippen LogP contribution in [0.25, 0.3) is 0 Å². The van der Waals surface area contributed by atoms with Crippen LogP contribution in [0.2, 0.25) is 76.6 Å². The van der Waals surface area contributed by atoms with Crippen LogP contribution in [0, 0.1) is 5.92 Å². The van der Waals surface area contributed by atoms with Crippen molar-refractivity contribution in [3.63, 3.8) is 0 Å². The standard InChI is InChI=1S/C30H68O4Si5/c1-10-11-12-17-23-36(2,3)32-35-33-37(4,5)24-18-15-13-14-16-19-25-38(6,7)34-39(8,9)26-22-28-20-21-29-30(27-28)31-29/h28-30H,10-27,35H2,1-9H3. The second kappa shape index (κ2) is 17.3. The third-order valence-electron chi connectivity index (χ3n) is 9.16. The predicted octanol–water partition coefficient (Wildman–Crippen LogP) is 9.73. The maximum Gasteiger partial charge on any atom is 0.283 e. The smallest absolute Gasteiger partial charge is 0.283 e. The van der Waals surface area contributed by atoms with E-state index in [1.807, 2.05) is 0 Å². The summed E-state index contributed by atoms with van der Waals surface area (Å²) in [6, 6.07) is 5.27. The highest BCUT2D eigenvalue weighted by Gasteiger charge is 2.44. The van der Waals surface area contributed by atoms with Gasteiger partial charge in [0.15, 0.2) is 33.3 Å². The van der Waals surface area contributed by atoms with E-state index >= 15 is 0 Å². The molecule has 0 aromatic rings. The van der Waals surface area contributed by atoms with Gasteiger partial charge in [0, 0.05) is 0 Å². The lowest BCUT2D eigenvalue weighted by Gasteiger charge is -2.35. The van der Waals surface area contributed by atoms with E-state index in [2.05, 4.69) is 59.3 Å². The van der Waals surface area contributed by atoms with Crippen molar-refractivity contribution < 1.29 is 17.1 Å². The van der Waals surface area contributed by atoms with Crippen molar-refractivity contribution in [3.8, 4) is 0 Å². The van der Waals surface area contributed by atoms with E-state index in [0.29, 0.717) is 12.2 Å². The van der Waals surface area contributed by atoms with Gasteiger partial charge in [-0.3, -0.25) is 0 Å². The number of unbranched alkanes of at least 4 members (excludes halogenated alkanes) is 8. The van der Waals surface area contributed by atoms with E-state index in [1.54, 1.807) is 0 Å². The molecule has 39 heavy (non-hydrogen) atoms. The summed E-state index contributed by atoms with van der Waals surface area (Å²) >= 11 is 0. The van der Waals surface area contributed by atoms with Crippen molar-refractivity contribution in [2.24, 2.45) is 5.92 Å². The highest BCUT2D eigenvalue weighted by atomic mass is 28.4. The lowest BCUT2D eigenvalue weighted by molar-refractivity contribution is 0.355. The highest BCUT2D eigenvalue weighted by Crippen LogP contribution is 2.42. The Kier molecular flexibility index (Phi) is 16.0. The van der Waals surface area contributed by atoms with Crippen LogP contribution in [0.4, 0.5) is 0 Å². The molecular formula is C30H68O4Si5. The number of hydrogen-bond donors (Lipinski definition) is 0. The maximum absolute atomic E-state index is 6.95. The van der Waals surface area contributed by atoms with E-state index in [0.717, 1.165) is 5.92 Å². The Bertz CT molecular complexity index is 674. The van der Waals surface area contributed by atoms with Gasteiger partial charge < -0.3 is 17.1 Å². The fourth-order valence-electron chi connectivity index (χ4n) is 6.43. The molecular weight excluding hydrogens is 565 g/mol. The summed E-state index contributed by atoms with van der Waals surface area (Å²) in [4.78, 5) is 0. The molecule has 3 atom stereocenters. The zero-order valence-electron chi connectivity index (χ0n) is 27.8. The van der Waals surface area contributed by atoms with E-state index < -0.39 is 43.3 Å². The Balaban J connectivity index is 1.47. The molecule has 1 heterocycles. The van der Waals surface area contributed by atoms with Crippen LogP contribution >= 0.6 is 0 Å². The number of hydrogen-bond acceptors (Lipinski definition) is 4. The van der Waals surface area contributed by atoms with E-state index in [1.165, 1.54) is 114 Å². The van der Waals surface area contributed by atoms with Gasteiger partial charge in [-0.1, -0.05) is 77.6 Å². The lowest BCUT2D eigenvalue weighted by atomic mass is 9.88. The average Bonchev–Trinajstić information content (AvgIpc) is 3.60. The zero-order valence-corrected chi connectivity index (χ0v) is 33.2. The van der Waals surface area contributed by atoms with E-state index in [-0.39, 0.29) is 0 Å². The minimum absolute atomic E-state index is 0.618. The minimum Gasteiger partial charge on any atom is -0.455 e. The molecule has 1 saturated carbocycles. The quantitative estimate of drug-likeness (QED) is 0.0639. The third kappa shape index (κ3) is 17.0. The summed E-state index contributed by atoms with van der Waals surface area (Å²) < 4.78 is 25.5. The third-order valence-corrected chi connectivity index (χ3v) is 26.9. The van der Waals surface area contributed by atoms with Crippen LogP contribution in [0.1, 0.15) is 96.8 Å². The van der Waals surface area contributed by atoms with Gasteiger partial charge in [-0.2, -0.15) is 0 Å². The Hall–Kier alpha value is 0.924. The van der Waals surface area contributed by atoms with Gasteiger partial charge in [-0.25, -0.2) is 0 Å². The molecule has 0 spiro atoms. The molecule has 0 aromatic carbocycles. The monoisotopic (exact) mass is 632 g/mol. The van der Waals surface area contributed by atoms with Crippen molar-refractivity contribution in [1.82, 2.24) is 0 Å². The van der Waals surface area contributed by atoms with Gasteiger partial charge in [0.05, 0.1) is 12.2 Å². The summed E-state index contributed by atoms with van der Waals surface area (Å²) in [6.45, 7) is 21.8. The topological polar surface area (TPSA) is 40.2 Å². The van der Waals surface area contributed by atoms with E-state index in [9.17, 15) is 0 Å². The average molecular weight is 633 g/mol. The van der Waals surface area contributed by atoms with Crippen molar-refractivity contribution in [2.75, 3.05) is 0 Å². The maximum atomic E-state index is 6.95. The molecule has 2 rings (SSSR count). The minimum atomic E-state index is -1.56. The summed E-state index contributed by atoms with van der Waals surface area (Å²) in [5.74, 6) is 0.892. The Labute approximate surface area is 251 Å². The molecule has 1 saturated heterocycles. The first-order valence-electron chi connectivity index (χ1n) is 16.9. The first kappa shape index (κ1) is 36.1. The van der Waals surface area contributed by atoms with Crippen LogP contribution in [0.15, 0.2) is 0 Å². The van der Waals surface area contributed by atoms with Gasteiger partial charge in [0.1, 0.15) is 0 Å². The molecule has 232 valence electrons. The molecule has 2 fully saturated rings. The Morgan fingerprint density at radius 2 is 1.08 bits per heavy atom. The number of ether oxygens (including phenoxy) is 1. The molecule has 1 aliphatic heterocycles. The second-order valence-electron chi connectivity index (χ2n) is 15.4. The molecule has 2 aliphatic rings. The number of fused-ring (bicyclic) bond motifs is 1. The van der Waals surface area contributed by atoms with Crippen molar-refractivity contribution in [1.29, 1.82) is 0 Å². The molecule has 0 radical (unpaired) electrons.